The normalized spacial score (nSPS) is 12.7. The minimum Gasteiger partial charge on any atom is -0.396 e. The van der Waals surface area contributed by atoms with Crippen molar-refractivity contribution in [1.29, 1.82) is 0 Å². The van der Waals surface area contributed by atoms with Gasteiger partial charge in [-0.15, -0.1) is 0 Å². The molecule has 0 aliphatic rings. The van der Waals surface area contributed by atoms with E-state index in [1.807, 2.05) is 0 Å². The number of hydrogen-bond donors (Lipinski definition) is 4. The van der Waals surface area contributed by atoms with Gasteiger partial charge in [-0.1, -0.05) is 6.42 Å². The van der Waals surface area contributed by atoms with Crippen LogP contribution in [0.5, 0.6) is 0 Å². The Morgan fingerprint density at radius 3 is 1.97 bits per heavy atom. The van der Waals surface area contributed by atoms with E-state index in [0.29, 0.717) is 45.6 Å². The minimum atomic E-state index is -0.396. The molecule has 0 aromatic rings. The fraction of sp³-hybridized carbons (Fsp3) is 0.885. The van der Waals surface area contributed by atoms with Gasteiger partial charge in [-0.05, 0) is 51.4 Å². The molecular weight excluding hydrogens is 466 g/mol. The Hall–Kier alpha value is -1.75. The van der Waals surface area contributed by atoms with Gasteiger partial charge in [0.25, 0.3) is 0 Å². The Bertz CT molecular complexity index is 564. The SMILES string of the molecule is COCCCCCNC(=O)CCC(CC(=O)NCCCCC(CO)COC)NC(=O)CCCCOC. The molecule has 0 bridgehead atoms. The average Bonchev–Trinajstić information content (AvgIpc) is 2.86. The van der Waals surface area contributed by atoms with Crippen molar-refractivity contribution >= 4 is 17.7 Å². The number of rotatable bonds is 25. The highest BCUT2D eigenvalue weighted by Gasteiger charge is 2.18. The lowest BCUT2D eigenvalue weighted by Gasteiger charge is -2.19. The lowest BCUT2D eigenvalue weighted by molar-refractivity contribution is -0.125. The van der Waals surface area contributed by atoms with Crippen LogP contribution in [0.1, 0.15) is 77.0 Å². The number of amides is 3. The first-order valence-corrected chi connectivity index (χ1v) is 13.4. The summed E-state index contributed by atoms with van der Waals surface area (Å²) in [6, 6.07) is -0.396. The molecule has 0 rings (SSSR count). The van der Waals surface area contributed by atoms with E-state index in [-0.39, 0.29) is 43.1 Å². The molecular formula is C26H51N3O7. The van der Waals surface area contributed by atoms with Crippen LogP contribution in [0.4, 0.5) is 0 Å². The molecule has 36 heavy (non-hydrogen) atoms. The van der Waals surface area contributed by atoms with Gasteiger partial charge in [0.05, 0.1) is 6.61 Å². The van der Waals surface area contributed by atoms with Crippen molar-refractivity contribution < 1.29 is 33.7 Å². The Labute approximate surface area is 217 Å². The van der Waals surface area contributed by atoms with E-state index in [1.54, 1.807) is 21.3 Å². The van der Waals surface area contributed by atoms with E-state index >= 15 is 0 Å². The van der Waals surface area contributed by atoms with Crippen LogP contribution in [0.2, 0.25) is 0 Å². The van der Waals surface area contributed by atoms with Crippen LogP contribution in [0, 0.1) is 5.92 Å². The summed E-state index contributed by atoms with van der Waals surface area (Å²) in [5, 5.41) is 18.1. The summed E-state index contributed by atoms with van der Waals surface area (Å²) < 4.78 is 15.1. The lowest BCUT2D eigenvalue weighted by Crippen LogP contribution is -2.40. The molecule has 0 saturated heterocycles. The molecule has 212 valence electrons. The molecule has 0 aromatic carbocycles. The largest absolute Gasteiger partial charge is 0.396 e. The predicted octanol–water partition coefficient (Wildman–Crippen LogP) is 1.93. The van der Waals surface area contributed by atoms with Crippen LogP contribution >= 0.6 is 0 Å². The van der Waals surface area contributed by atoms with Crippen LogP contribution in [0.3, 0.4) is 0 Å². The second-order valence-corrected chi connectivity index (χ2v) is 9.21. The van der Waals surface area contributed by atoms with Crippen molar-refractivity contribution in [1.82, 2.24) is 16.0 Å². The number of aliphatic hydroxyl groups excluding tert-OH is 1. The van der Waals surface area contributed by atoms with Gasteiger partial charge in [-0.2, -0.15) is 0 Å². The molecule has 0 saturated carbocycles. The van der Waals surface area contributed by atoms with Gasteiger partial charge in [0.15, 0.2) is 0 Å². The van der Waals surface area contributed by atoms with Gasteiger partial charge >= 0.3 is 0 Å². The van der Waals surface area contributed by atoms with Crippen LogP contribution in [0.25, 0.3) is 0 Å². The second kappa shape index (κ2) is 24.9. The highest BCUT2D eigenvalue weighted by molar-refractivity contribution is 5.80. The maximum Gasteiger partial charge on any atom is 0.222 e. The number of methoxy groups -OCH3 is 3. The first-order chi connectivity index (χ1) is 17.5. The van der Waals surface area contributed by atoms with Gasteiger partial charge in [-0.3, -0.25) is 14.4 Å². The Morgan fingerprint density at radius 2 is 1.33 bits per heavy atom. The number of carbonyl (C=O) groups is 3. The quantitative estimate of drug-likeness (QED) is 0.136. The zero-order valence-corrected chi connectivity index (χ0v) is 22.8. The summed E-state index contributed by atoms with van der Waals surface area (Å²) >= 11 is 0. The molecule has 0 aliphatic carbocycles. The van der Waals surface area contributed by atoms with E-state index < -0.39 is 6.04 Å². The van der Waals surface area contributed by atoms with Crippen LogP contribution in [-0.2, 0) is 28.6 Å². The highest BCUT2D eigenvalue weighted by atomic mass is 16.5. The topological polar surface area (TPSA) is 135 Å². The lowest BCUT2D eigenvalue weighted by atomic mass is 10.0. The Morgan fingerprint density at radius 1 is 0.694 bits per heavy atom. The molecule has 0 radical (unpaired) electrons. The van der Waals surface area contributed by atoms with Crippen molar-refractivity contribution in [3.05, 3.63) is 0 Å². The monoisotopic (exact) mass is 517 g/mol. The number of aliphatic hydroxyl groups is 1. The Kier molecular flexibility index (Phi) is 23.7. The van der Waals surface area contributed by atoms with E-state index in [4.69, 9.17) is 14.2 Å². The standard InChI is InChI=1S/C26H51N3O7/c1-34-17-9-4-7-15-27-24(31)14-13-23(29-25(32)12-6-10-18-35-2)19-26(33)28-16-8-5-11-22(20-30)21-36-3/h22-23,30H,4-21H2,1-3H3,(H,27,31)(H,28,33)(H,29,32). The third kappa shape index (κ3) is 21.5. The number of ether oxygens (including phenoxy) is 3. The first-order valence-electron chi connectivity index (χ1n) is 13.4. The van der Waals surface area contributed by atoms with Crippen molar-refractivity contribution in [2.24, 2.45) is 5.92 Å². The number of hydrogen-bond acceptors (Lipinski definition) is 7. The minimum absolute atomic E-state index is 0.0732. The van der Waals surface area contributed by atoms with E-state index in [1.165, 1.54) is 0 Å². The summed E-state index contributed by atoms with van der Waals surface area (Å²) in [7, 11) is 4.92. The van der Waals surface area contributed by atoms with Gasteiger partial charge in [-0.25, -0.2) is 0 Å². The molecule has 3 amide bonds. The van der Waals surface area contributed by atoms with Crippen molar-refractivity contribution in [2.75, 3.05) is 60.8 Å². The number of nitrogens with one attached hydrogen (secondary N) is 3. The summed E-state index contributed by atoms with van der Waals surface area (Å²) in [4.78, 5) is 37.1. The summed E-state index contributed by atoms with van der Waals surface area (Å²) in [6.07, 6.45) is 8.02. The first kappa shape index (κ1) is 34.2. The molecule has 0 spiro atoms. The van der Waals surface area contributed by atoms with Crippen LogP contribution < -0.4 is 16.0 Å². The van der Waals surface area contributed by atoms with Gasteiger partial charge in [0.1, 0.15) is 0 Å². The molecule has 4 N–H and O–H groups in total. The van der Waals surface area contributed by atoms with Gasteiger partial charge in [0.2, 0.25) is 17.7 Å². The smallest absolute Gasteiger partial charge is 0.222 e. The molecule has 2 atom stereocenters. The van der Waals surface area contributed by atoms with Crippen molar-refractivity contribution in [3.63, 3.8) is 0 Å². The molecule has 0 fully saturated rings. The fourth-order valence-electron chi connectivity index (χ4n) is 3.77. The Balaban J connectivity index is 4.44. The summed E-state index contributed by atoms with van der Waals surface area (Å²) in [5.41, 5.74) is 0. The number of unbranched alkanes of at least 4 members (excludes halogenated alkanes) is 4. The number of carbonyl (C=O) groups excluding carboxylic acids is 3. The second-order valence-electron chi connectivity index (χ2n) is 9.21. The molecule has 0 aromatic heterocycles. The predicted molar refractivity (Wildman–Crippen MR) is 140 cm³/mol. The maximum absolute atomic E-state index is 12.5. The van der Waals surface area contributed by atoms with Crippen molar-refractivity contribution in [3.8, 4) is 0 Å². The average molecular weight is 518 g/mol. The summed E-state index contributed by atoms with van der Waals surface area (Å²) in [5.74, 6) is -0.217. The third-order valence-corrected chi connectivity index (χ3v) is 5.89. The summed E-state index contributed by atoms with van der Waals surface area (Å²) in [6.45, 7) is 3.09. The third-order valence-electron chi connectivity index (χ3n) is 5.89. The zero-order chi connectivity index (χ0) is 26.9. The molecule has 0 heterocycles. The molecule has 2 unspecified atom stereocenters. The maximum atomic E-state index is 12.5. The van der Waals surface area contributed by atoms with Gasteiger partial charge < -0.3 is 35.3 Å². The zero-order valence-electron chi connectivity index (χ0n) is 22.8. The van der Waals surface area contributed by atoms with Crippen LogP contribution in [0.15, 0.2) is 0 Å². The molecule has 10 heteroatoms. The van der Waals surface area contributed by atoms with Crippen molar-refractivity contribution in [2.45, 2.75) is 83.1 Å². The molecule has 0 aliphatic heterocycles. The van der Waals surface area contributed by atoms with E-state index in [9.17, 15) is 19.5 Å². The fourth-order valence-corrected chi connectivity index (χ4v) is 3.77. The van der Waals surface area contributed by atoms with E-state index in [0.717, 1.165) is 51.6 Å². The van der Waals surface area contributed by atoms with Gasteiger partial charge in [0, 0.05) is 85.5 Å². The van der Waals surface area contributed by atoms with E-state index in [2.05, 4.69) is 16.0 Å². The highest BCUT2D eigenvalue weighted by Crippen LogP contribution is 2.09. The van der Waals surface area contributed by atoms with Crippen LogP contribution in [-0.4, -0.2) is 89.7 Å². The molecule has 10 nitrogen and oxygen atoms in total.